The SMILES string of the molecule is CCCCCCCCCCCCCCCCCC[N+](C)(C)Cc1ccc(O)c(-c2nc3ccccc3s2)c1. The second-order valence-electron chi connectivity index (χ2n) is 12.0. The van der Waals surface area contributed by atoms with Crippen molar-refractivity contribution in [2.24, 2.45) is 0 Å². The van der Waals surface area contributed by atoms with Crippen molar-refractivity contribution in [3.05, 3.63) is 48.0 Å². The van der Waals surface area contributed by atoms with Crippen LogP contribution in [0.15, 0.2) is 42.5 Å². The molecule has 1 heterocycles. The van der Waals surface area contributed by atoms with E-state index in [0.29, 0.717) is 5.75 Å². The molecular weight excluding hydrogens is 484 g/mol. The lowest BCUT2D eigenvalue weighted by molar-refractivity contribution is -0.903. The number of phenols is 1. The molecule has 1 N–H and O–H groups in total. The quantitative estimate of drug-likeness (QED) is 0.115. The summed E-state index contributed by atoms with van der Waals surface area (Å²) in [6.07, 6.45) is 22.6. The van der Waals surface area contributed by atoms with E-state index in [1.54, 1.807) is 11.3 Å². The summed E-state index contributed by atoms with van der Waals surface area (Å²) in [4.78, 5) is 4.76. The fraction of sp³-hybridized carbons (Fsp3) is 0.618. The third-order valence-corrected chi connectivity index (χ3v) is 8.88. The molecule has 0 bridgehead atoms. The molecule has 2 aromatic carbocycles. The Morgan fingerprint density at radius 3 is 1.84 bits per heavy atom. The molecule has 3 rings (SSSR count). The first-order valence-electron chi connectivity index (χ1n) is 15.5. The zero-order valence-corrected chi connectivity index (χ0v) is 25.3. The highest BCUT2D eigenvalue weighted by Crippen LogP contribution is 2.36. The van der Waals surface area contributed by atoms with Crippen molar-refractivity contribution < 1.29 is 9.59 Å². The summed E-state index contributed by atoms with van der Waals surface area (Å²) < 4.78 is 2.13. The zero-order chi connectivity index (χ0) is 27.1. The number of unbranched alkanes of at least 4 members (excludes halogenated alkanes) is 15. The van der Waals surface area contributed by atoms with Crippen molar-refractivity contribution in [3.8, 4) is 16.3 Å². The normalized spacial score (nSPS) is 12.0. The summed E-state index contributed by atoms with van der Waals surface area (Å²) in [6, 6.07) is 14.2. The monoisotopic (exact) mass is 537 g/mol. The minimum atomic E-state index is 0.316. The molecule has 3 nitrogen and oxygen atoms in total. The predicted molar refractivity (Wildman–Crippen MR) is 167 cm³/mol. The average Bonchev–Trinajstić information content (AvgIpc) is 3.33. The van der Waals surface area contributed by atoms with Gasteiger partial charge in [0.2, 0.25) is 0 Å². The van der Waals surface area contributed by atoms with Crippen LogP contribution in [0.3, 0.4) is 0 Å². The van der Waals surface area contributed by atoms with E-state index in [0.717, 1.165) is 31.8 Å². The van der Waals surface area contributed by atoms with E-state index in [2.05, 4.69) is 39.2 Å². The maximum absolute atomic E-state index is 10.5. The molecule has 0 saturated heterocycles. The maximum atomic E-state index is 10.5. The smallest absolute Gasteiger partial charge is 0.128 e. The van der Waals surface area contributed by atoms with Crippen molar-refractivity contribution in [2.75, 3.05) is 20.6 Å². The van der Waals surface area contributed by atoms with Crippen LogP contribution in [-0.4, -0.2) is 35.2 Å². The highest BCUT2D eigenvalue weighted by Gasteiger charge is 2.18. The zero-order valence-electron chi connectivity index (χ0n) is 24.5. The first kappa shape index (κ1) is 30.6. The Balaban J connectivity index is 1.26. The van der Waals surface area contributed by atoms with E-state index < -0.39 is 0 Å². The van der Waals surface area contributed by atoms with Gasteiger partial charge in [0.25, 0.3) is 0 Å². The van der Waals surface area contributed by atoms with E-state index >= 15 is 0 Å². The summed E-state index contributed by atoms with van der Waals surface area (Å²) in [5.74, 6) is 0.316. The molecule has 3 aromatic rings. The van der Waals surface area contributed by atoms with E-state index in [9.17, 15) is 5.11 Å². The minimum Gasteiger partial charge on any atom is -0.507 e. The van der Waals surface area contributed by atoms with Gasteiger partial charge in [-0.2, -0.15) is 0 Å². The van der Waals surface area contributed by atoms with Crippen LogP contribution in [0.5, 0.6) is 5.75 Å². The molecule has 0 unspecified atom stereocenters. The summed E-state index contributed by atoms with van der Waals surface area (Å²) in [7, 11) is 4.66. The summed E-state index contributed by atoms with van der Waals surface area (Å²) in [6.45, 7) is 4.45. The fourth-order valence-electron chi connectivity index (χ4n) is 5.50. The van der Waals surface area contributed by atoms with Gasteiger partial charge >= 0.3 is 0 Å². The molecule has 4 heteroatoms. The standard InChI is InChI=1S/C34H52N2OS/c1-4-5-6-7-8-9-10-11-12-13-14-15-16-17-18-21-26-36(2,3)28-29-24-25-32(37)30(27-29)34-35-31-22-19-20-23-33(31)38-34/h19-20,22-25,27H,4-18,21,26,28H2,1-3H3/p+1. The van der Waals surface area contributed by atoms with E-state index in [1.807, 2.05) is 24.3 Å². The minimum absolute atomic E-state index is 0.316. The number of hydrogen-bond acceptors (Lipinski definition) is 3. The van der Waals surface area contributed by atoms with Crippen LogP contribution < -0.4 is 0 Å². The van der Waals surface area contributed by atoms with Crippen molar-refractivity contribution in [1.29, 1.82) is 0 Å². The van der Waals surface area contributed by atoms with Crippen molar-refractivity contribution in [2.45, 2.75) is 116 Å². The predicted octanol–water partition coefficient (Wildman–Crippen LogP) is 10.5. The van der Waals surface area contributed by atoms with Gasteiger partial charge in [-0.3, -0.25) is 0 Å². The molecule has 0 amide bonds. The van der Waals surface area contributed by atoms with Crippen LogP contribution in [0.1, 0.15) is 115 Å². The van der Waals surface area contributed by atoms with Crippen LogP contribution >= 0.6 is 11.3 Å². The van der Waals surface area contributed by atoms with Gasteiger partial charge < -0.3 is 9.59 Å². The maximum Gasteiger partial charge on any atom is 0.128 e. The molecule has 0 fully saturated rings. The number of phenolic OH excluding ortho intramolecular Hbond substituents is 1. The van der Waals surface area contributed by atoms with Crippen molar-refractivity contribution in [1.82, 2.24) is 4.98 Å². The highest BCUT2D eigenvalue weighted by molar-refractivity contribution is 7.21. The number of para-hydroxylation sites is 1. The van der Waals surface area contributed by atoms with E-state index in [1.165, 1.54) is 115 Å². The molecule has 0 saturated carbocycles. The van der Waals surface area contributed by atoms with Crippen LogP contribution in [0, 0.1) is 0 Å². The molecule has 0 radical (unpaired) electrons. The summed E-state index contributed by atoms with van der Waals surface area (Å²) in [5.41, 5.74) is 3.11. The Hall–Kier alpha value is -1.91. The molecule has 0 aliphatic heterocycles. The summed E-state index contributed by atoms with van der Waals surface area (Å²) in [5, 5.41) is 11.4. The number of quaternary nitrogens is 1. The number of aromatic nitrogens is 1. The lowest BCUT2D eigenvalue weighted by atomic mass is 10.0. The van der Waals surface area contributed by atoms with Crippen molar-refractivity contribution >= 4 is 21.6 Å². The molecular formula is C34H53N2OS+. The molecule has 0 aliphatic rings. The first-order valence-corrected chi connectivity index (χ1v) is 16.3. The molecule has 210 valence electrons. The van der Waals surface area contributed by atoms with Gasteiger partial charge in [-0.1, -0.05) is 109 Å². The number of hydrogen-bond donors (Lipinski definition) is 1. The van der Waals surface area contributed by atoms with Gasteiger partial charge in [0, 0.05) is 5.56 Å². The average molecular weight is 538 g/mol. The highest BCUT2D eigenvalue weighted by atomic mass is 32.1. The van der Waals surface area contributed by atoms with Crippen LogP contribution in [0.25, 0.3) is 20.8 Å². The number of nitrogens with zero attached hydrogens (tertiary/aromatic N) is 2. The Morgan fingerprint density at radius 2 is 1.26 bits per heavy atom. The van der Waals surface area contributed by atoms with Crippen LogP contribution in [0.4, 0.5) is 0 Å². The Kier molecular flexibility index (Phi) is 13.6. The molecule has 1 aromatic heterocycles. The van der Waals surface area contributed by atoms with Gasteiger partial charge in [-0.25, -0.2) is 4.98 Å². The Labute approximate surface area is 236 Å². The molecule has 0 aliphatic carbocycles. The number of aromatic hydroxyl groups is 1. The second kappa shape index (κ2) is 16.9. The van der Waals surface area contributed by atoms with Gasteiger partial charge in [0.1, 0.15) is 17.3 Å². The largest absolute Gasteiger partial charge is 0.507 e. The third kappa shape index (κ3) is 11.1. The number of thiazole rings is 1. The topological polar surface area (TPSA) is 33.1 Å². The van der Waals surface area contributed by atoms with Gasteiger partial charge in [0.05, 0.1) is 36.4 Å². The molecule has 0 spiro atoms. The van der Waals surface area contributed by atoms with E-state index in [4.69, 9.17) is 4.98 Å². The fourth-order valence-corrected chi connectivity index (χ4v) is 6.49. The van der Waals surface area contributed by atoms with Crippen LogP contribution in [-0.2, 0) is 6.54 Å². The van der Waals surface area contributed by atoms with Crippen LogP contribution in [0.2, 0.25) is 0 Å². The van der Waals surface area contributed by atoms with Gasteiger partial charge in [0.15, 0.2) is 0 Å². The molecule has 0 atom stereocenters. The number of rotatable bonds is 20. The summed E-state index contributed by atoms with van der Waals surface area (Å²) >= 11 is 1.65. The number of benzene rings is 2. The van der Waals surface area contributed by atoms with Crippen molar-refractivity contribution in [3.63, 3.8) is 0 Å². The Bertz CT molecular complexity index is 1020. The number of fused-ring (bicyclic) bond motifs is 1. The third-order valence-electron chi connectivity index (χ3n) is 7.81. The first-order chi connectivity index (χ1) is 18.5. The van der Waals surface area contributed by atoms with E-state index in [-0.39, 0.29) is 0 Å². The second-order valence-corrected chi connectivity index (χ2v) is 13.0. The lowest BCUT2D eigenvalue weighted by Gasteiger charge is -2.30. The lowest BCUT2D eigenvalue weighted by Crippen LogP contribution is -2.39. The van der Waals surface area contributed by atoms with Gasteiger partial charge in [-0.15, -0.1) is 11.3 Å². The Morgan fingerprint density at radius 1 is 0.711 bits per heavy atom. The van der Waals surface area contributed by atoms with Gasteiger partial charge in [-0.05, 0) is 43.2 Å². The molecule has 38 heavy (non-hydrogen) atoms.